The Morgan fingerprint density at radius 2 is 0.917 bits per heavy atom. The summed E-state index contributed by atoms with van der Waals surface area (Å²) in [6.07, 6.45) is 0.342. The summed E-state index contributed by atoms with van der Waals surface area (Å²) in [4.78, 5) is 0. The summed E-state index contributed by atoms with van der Waals surface area (Å²) in [7, 11) is 0. The van der Waals surface area contributed by atoms with E-state index in [1.54, 1.807) is 24.3 Å². The molecule has 0 saturated heterocycles. The number of phenolic OH excluding ortho intramolecular Hbond substituents is 8. The first-order chi connectivity index (χ1) is 22.9. The Morgan fingerprint density at radius 1 is 0.479 bits per heavy atom. The molecule has 6 aromatic rings. The molecule has 8 nitrogen and oxygen atoms in total. The van der Waals surface area contributed by atoms with Gasteiger partial charge in [0, 0.05) is 57.9 Å². The highest BCUT2D eigenvalue weighted by atomic mass is 16.3. The van der Waals surface area contributed by atoms with Gasteiger partial charge in [0.1, 0.15) is 46.0 Å². The molecule has 0 heterocycles. The lowest BCUT2D eigenvalue weighted by atomic mass is 9.70. The monoisotopic (exact) mass is 642 g/mol. The van der Waals surface area contributed by atoms with Crippen LogP contribution >= 0.6 is 0 Å². The van der Waals surface area contributed by atoms with Crippen molar-refractivity contribution in [2.75, 3.05) is 0 Å². The van der Waals surface area contributed by atoms with Crippen LogP contribution in [0.1, 0.15) is 46.2 Å². The van der Waals surface area contributed by atoms with E-state index in [0.717, 1.165) is 16.7 Å². The molecular weight excluding hydrogens is 608 g/mol. The molecule has 0 aliphatic heterocycles. The summed E-state index contributed by atoms with van der Waals surface area (Å²) in [6.45, 7) is 1.84. The minimum absolute atomic E-state index is 0.0985. The fourth-order valence-corrected chi connectivity index (χ4v) is 6.57. The first-order valence-electron chi connectivity index (χ1n) is 15.2. The van der Waals surface area contributed by atoms with E-state index < -0.39 is 11.3 Å². The standard InChI is InChI=1S/C40H34O8/c1-40(34-16-12-28(43)21-38(34)47,35-17-13-29(44)22-39(35)48)25-8-6-23(7-9-25)30-5-3-2-4-24(30)18-33(31-14-10-26(41)19-36(31)45)32-15-11-27(42)20-37(32)46/h2-17,19-22,33,41-48H,18H2,1H3. The number of aromatic hydroxyl groups is 8. The zero-order chi connectivity index (χ0) is 34.2. The molecule has 0 spiro atoms. The highest BCUT2D eigenvalue weighted by molar-refractivity contribution is 5.70. The van der Waals surface area contributed by atoms with E-state index in [1.807, 2.05) is 55.5 Å². The molecule has 6 aromatic carbocycles. The van der Waals surface area contributed by atoms with E-state index in [4.69, 9.17) is 0 Å². The average Bonchev–Trinajstić information content (AvgIpc) is 3.04. The Balaban J connectivity index is 1.44. The lowest BCUT2D eigenvalue weighted by molar-refractivity contribution is 0.427. The van der Waals surface area contributed by atoms with Crippen molar-refractivity contribution in [1.82, 2.24) is 0 Å². The van der Waals surface area contributed by atoms with Crippen molar-refractivity contribution in [3.05, 3.63) is 155 Å². The van der Waals surface area contributed by atoms with Crippen LogP contribution in [-0.4, -0.2) is 40.9 Å². The molecule has 6 rings (SSSR count). The average molecular weight is 643 g/mol. The van der Waals surface area contributed by atoms with E-state index in [0.29, 0.717) is 34.2 Å². The van der Waals surface area contributed by atoms with Crippen molar-refractivity contribution in [3.63, 3.8) is 0 Å². The van der Waals surface area contributed by atoms with Gasteiger partial charge in [-0.1, -0.05) is 72.8 Å². The second-order valence-corrected chi connectivity index (χ2v) is 12.0. The zero-order valence-corrected chi connectivity index (χ0v) is 25.9. The number of hydrogen-bond acceptors (Lipinski definition) is 8. The molecule has 0 radical (unpaired) electrons. The lowest BCUT2D eigenvalue weighted by Crippen LogP contribution is -2.25. The first-order valence-corrected chi connectivity index (χ1v) is 15.2. The largest absolute Gasteiger partial charge is 0.508 e. The second kappa shape index (κ2) is 12.5. The topological polar surface area (TPSA) is 162 Å². The van der Waals surface area contributed by atoms with E-state index in [1.165, 1.54) is 48.5 Å². The number of hydrogen-bond donors (Lipinski definition) is 8. The lowest BCUT2D eigenvalue weighted by Gasteiger charge is -2.33. The molecule has 0 atom stereocenters. The van der Waals surface area contributed by atoms with Gasteiger partial charge in [0.2, 0.25) is 0 Å². The maximum absolute atomic E-state index is 11.0. The minimum Gasteiger partial charge on any atom is -0.508 e. The molecule has 0 unspecified atom stereocenters. The first kappa shape index (κ1) is 31.7. The van der Waals surface area contributed by atoms with Crippen molar-refractivity contribution in [2.45, 2.75) is 24.7 Å². The van der Waals surface area contributed by atoms with Gasteiger partial charge in [0.25, 0.3) is 0 Å². The van der Waals surface area contributed by atoms with E-state index >= 15 is 0 Å². The van der Waals surface area contributed by atoms with Crippen LogP contribution < -0.4 is 0 Å². The third kappa shape index (κ3) is 5.87. The Kier molecular flexibility index (Phi) is 8.25. The predicted octanol–water partition coefficient (Wildman–Crippen LogP) is 7.73. The van der Waals surface area contributed by atoms with E-state index in [9.17, 15) is 40.9 Å². The van der Waals surface area contributed by atoms with Gasteiger partial charge in [0.05, 0.1) is 0 Å². The molecule has 0 bridgehead atoms. The molecule has 8 N–H and O–H groups in total. The summed E-state index contributed by atoms with van der Waals surface area (Å²) < 4.78 is 0. The highest BCUT2D eigenvalue weighted by Crippen LogP contribution is 2.48. The van der Waals surface area contributed by atoms with Gasteiger partial charge in [-0.2, -0.15) is 0 Å². The highest BCUT2D eigenvalue weighted by Gasteiger charge is 2.36. The summed E-state index contributed by atoms with van der Waals surface area (Å²) in [5, 5.41) is 83.5. The maximum Gasteiger partial charge on any atom is 0.123 e. The second-order valence-electron chi connectivity index (χ2n) is 12.0. The molecule has 0 aliphatic rings. The Labute approximate surface area is 277 Å². The van der Waals surface area contributed by atoms with Gasteiger partial charge in [-0.15, -0.1) is 0 Å². The number of rotatable bonds is 8. The third-order valence-corrected chi connectivity index (χ3v) is 9.03. The van der Waals surface area contributed by atoms with Crippen LogP contribution in [0.15, 0.2) is 121 Å². The molecular formula is C40H34O8. The van der Waals surface area contributed by atoms with Crippen LogP contribution in [0.25, 0.3) is 11.1 Å². The van der Waals surface area contributed by atoms with Crippen molar-refractivity contribution in [2.24, 2.45) is 0 Å². The third-order valence-electron chi connectivity index (χ3n) is 9.03. The summed E-state index contributed by atoms with van der Waals surface area (Å²) in [5.41, 5.74) is 4.06. The van der Waals surface area contributed by atoms with Crippen LogP contribution in [0.3, 0.4) is 0 Å². The molecule has 0 fully saturated rings. The fourth-order valence-electron chi connectivity index (χ4n) is 6.57. The van der Waals surface area contributed by atoms with Crippen LogP contribution in [-0.2, 0) is 11.8 Å². The maximum atomic E-state index is 11.0. The summed E-state index contributed by atoms with van der Waals surface area (Å²) in [6, 6.07) is 32.6. The van der Waals surface area contributed by atoms with Crippen molar-refractivity contribution in [3.8, 4) is 57.1 Å². The number of phenols is 8. The molecule has 8 heteroatoms. The van der Waals surface area contributed by atoms with E-state index in [-0.39, 0.29) is 46.0 Å². The Bertz CT molecular complexity index is 2020. The fraction of sp³-hybridized carbons (Fsp3) is 0.100. The SMILES string of the molecule is CC(c1ccc(-c2ccccc2CC(c2ccc(O)cc2O)c2ccc(O)cc2O)cc1)(c1ccc(O)cc1O)c1ccc(O)cc1O. The Morgan fingerprint density at radius 3 is 1.38 bits per heavy atom. The van der Waals surface area contributed by atoms with Crippen LogP contribution in [0.5, 0.6) is 46.0 Å². The van der Waals surface area contributed by atoms with E-state index in [2.05, 4.69) is 0 Å². The summed E-state index contributed by atoms with van der Waals surface area (Å²) >= 11 is 0. The zero-order valence-electron chi connectivity index (χ0n) is 25.9. The van der Waals surface area contributed by atoms with Crippen molar-refractivity contribution < 1.29 is 40.9 Å². The molecule has 0 aromatic heterocycles. The van der Waals surface area contributed by atoms with Gasteiger partial charge in [0.15, 0.2) is 0 Å². The van der Waals surface area contributed by atoms with Gasteiger partial charge >= 0.3 is 0 Å². The molecule has 48 heavy (non-hydrogen) atoms. The van der Waals surface area contributed by atoms with Gasteiger partial charge < -0.3 is 40.9 Å². The number of benzene rings is 6. The van der Waals surface area contributed by atoms with Crippen molar-refractivity contribution >= 4 is 0 Å². The minimum atomic E-state index is -1.11. The van der Waals surface area contributed by atoms with Crippen molar-refractivity contribution in [1.29, 1.82) is 0 Å². The van der Waals surface area contributed by atoms with Gasteiger partial charge in [-0.3, -0.25) is 0 Å². The van der Waals surface area contributed by atoms with Gasteiger partial charge in [-0.05, 0) is 59.9 Å². The van der Waals surface area contributed by atoms with Gasteiger partial charge in [-0.25, -0.2) is 0 Å². The molecule has 0 saturated carbocycles. The Hall–Kier alpha value is -6.28. The smallest absolute Gasteiger partial charge is 0.123 e. The van der Waals surface area contributed by atoms with Crippen LogP contribution in [0.2, 0.25) is 0 Å². The molecule has 0 aliphatic carbocycles. The summed E-state index contributed by atoms with van der Waals surface area (Å²) in [5.74, 6) is -1.57. The molecule has 242 valence electrons. The van der Waals surface area contributed by atoms with Crippen LogP contribution in [0.4, 0.5) is 0 Å². The normalized spacial score (nSPS) is 11.5. The molecule has 0 amide bonds. The van der Waals surface area contributed by atoms with Crippen LogP contribution in [0, 0.1) is 0 Å². The quantitative estimate of drug-likeness (QED) is 0.0783. The predicted molar refractivity (Wildman–Crippen MR) is 182 cm³/mol.